The molecule has 0 aliphatic rings. The molecule has 0 aliphatic heterocycles. The van der Waals surface area contributed by atoms with Crippen molar-refractivity contribution in [3.8, 4) is 0 Å². The van der Waals surface area contributed by atoms with Gasteiger partial charge in [-0.3, -0.25) is 4.68 Å². The van der Waals surface area contributed by atoms with E-state index in [4.69, 9.17) is 5.73 Å². The third-order valence-corrected chi connectivity index (χ3v) is 2.83. The number of rotatable bonds is 5. The smallest absolute Gasteiger partial charge is 0.0644 e. The molecule has 1 unspecified atom stereocenters. The van der Waals surface area contributed by atoms with Gasteiger partial charge < -0.3 is 11.1 Å². The third kappa shape index (κ3) is 2.79. The first-order valence-corrected chi connectivity index (χ1v) is 5.51. The molecule has 1 aromatic rings. The van der Waals surface area contributed by atoms with E-state index >= 15 is 0 Å². The Morgan fingerprint density at radius 1 is 1.47 bits per heavy atom. The molecule has 3 N–H and O–H groups in total. The third-order valence-electron chi connectivity index (χ3n) is 2.83. The fourth-order valence-electron chi connectivity index (χ4n) is 1.94. The number of nitrogens with two attached hydrogens (primary N) is 1. The van der Waals surface area contributed by atoms with Crippen LogP contribution in [0.5, 0.6) is 0 Å². The van der Waals surface area contributed by atoms with Gasteiger partial charge in [0.05, 0.1) is 5.69 Å². The maximum Gasteiger partial charge on any atom is 0.0644 e. The number of aryl methyl sites for hydroxylation is 2. The highest BCUT2D eigenvalue weighted by molar-refractivity contribution is 5.27. The summed E-state index contributed by atoms with van der Waals surface area (Å²) in [6.07, 6.45) is 1.02. The second kappa shape index (κ2) is 5.28. The van der Waals surface area contributed by atoms with E-state index in [-0.39, 0.29) is 0 Å². The minimum atomic E-state index is 0.352. The van der Waals surface area contributed by atoms with Crippen LogP contribution in [0.2, 0.25) is 0 Å². The molecular weight excluding hydrogens is 188 g/mol. The summed E-state index contributed by atoms with van der Waals surface area (Å²) in [5.74, 6) is 0. The quantitative estimate of drug-likeness (QED) is 0.714. The van der Waals surface area contributed by atoms with Crippen molar-refractivity contribution in [2.24, 2.45) is 12.8 Å². The van der Waals surface area contributed by atoms with E-state index in [1.54, 1.807) is 0 Å². The number of nitrogens with one attached hydrogen (secondary N) is 1. The van der Waals surface area contributed by atoms with Crippen LogP contribution >= 0.6 is 0 Å². The van der Waals surface area contributed by atoms with Crippen LogP contribution in [0.3, 0.4) is 0 Å². The summed E-state index contributed by atoms with van der Waals surface area (Å²) in [6, 6.07) is 0.352. The van der Waals surface area contributed by atoms with Crippen LogP contribution in [0.25, 0.3) is 0 Å². The van der Waals surface area contributed by atoms with Gasteiger partial charge in [-0.25, -0.2) is 0 Å². The van der Waals surface area contributed by atoms with E-state index in [2.05, 4.69) is 31.2 Å². The highest BCUT2D eigenvalue weighted by Gasteiger charge is 2.15. The zero-order chi connectivity index (χ0) is 11.4. The van der Waals surface area contributed by atoms with Gasteiger partial charge in [-0.1, -0.05) is 0 Å². The summed E-state index contributed by atoms with van der Waals surface area (Å²) in [5.41, 5.74) is 9.13. The fraction of sp³-hybridized carbons (Fsp3) is 0.727. The summed E-state index contributed by atoms with van der Waals surface area (Å²) < 4.78 is 1.94. The number of hydrogen-bond acceptors (Lipinski definition) is 3. The zero-order valence-electron chi connectivity index (χ0n) is 10.2. The van der Waals surface area contributed by atoms with Gasteiger partial charge >= 0.3 is 0 Å². The van der Waals surface area contributed by atoms with Gasteiger partial charge in [0.1, 0.15) is 0 Å². The lowest BCUT2D eigenvalue weighted by Gasteiger charge is -2.14. The Labute approximate surface area is 91.8 Å². The van der Waals surface area contributed by atoms with E-state index in [9.17, 15) is 0 Å². The van der Waals surface area contributed by atoms with Crippen molar-refractivity contribution in [2.45, 2.75) is 33.2 Å². The first-order valence-electron chi connectivity index (χ1n) is 5.51. The number of nitrogens with zero attached hydrogens (tertiary/aromatic N) is 2. The molecule has 0 aromatic carbocycles. The molecule has 0 bridgehead atoms. The normalized spacial score (nSPS) is 13.1. The Morgan fingerprint density at radius 3 is 2.60 bits per heavy atom. The van der Waals surface area contributed by atoms with Gasteiger partial charge in [0.2, 0.25) is 0 Å². The highest BCUT2D eigenvalue weighted by atomic mass is 15.3. The molecule has 0 spiro atoms. The molecule has 1 atom stereocenters. The summed E-state index contributed by atoms with van der Waals surface area (Å²) in [6.45, 7) is 8.05. The highest BCUT2D eigenvalue weighted by Crippen LogP contribution is 2.20. The molecule has 1 aromatic heterocycles. The van der Waals surface area contributed by atoms with E-state index in [1.807, 2.05) is 11.7 Å². The Hall–Kier alpha value is -0.870. The van der Waals surface area contributed by atoms with Crippen LogP contribution in [-0.2, 0) is 7.05 Å². The van der Waals surface area contributed by atoms with Crippen LogP contribution in [-0.4, -0.2) is 22.9 Å². The van der Waals surface area contributed by atoms with Gasteiger partial charge in [0.15, 0.2) is 0 Å². The first-order chi connectivity index (χ1) is 7.07. The van der Waals surface area contributed by atoms with Crippen LogP contribution in [0, 0.1) is 13.8 Å². The standard InChI is InChI=1S/C11H22N4/c1-8(13-7-5-6-12)11-9(2)14-15(4)10(11)3/h8,13H,5-7,12H2,1-4H3. The van der Waals surface area contributed by atoms with Crippen molar-refractivity contribution in [1.82, 2.24) is 15.1 Å². The molecule has 4 nitrogen and oxygen atoms in total. The second-order valence-corrected chi connectivity index (χ2v) is 4.03. The van der Waals surface area contributed by atoms with E-state index in [0.29, 0.717) is 6.04 Å². The molecule has 0 radical (unpaired) electrons. The molecule has 0 fully saturated rings. The Bertz CT molecular complexity index is 317. The molecule has 86 valence electrons. The van der Waals surface area contributed by atoms with Crippen molar-refractivity contribution in [1.29, 1.82) is 0 Å². The summed E-state index contributed by atoms with van der Waals surface area (Å²) in [7, 11) is 1.98. The van der Waals surface area contributed by atoms with Crippen molar-refractivity contribution >= 4 is 0 Å². The molecule has 1 heterocycles. The maximum absolute atomic E-state index is 5.46. The second-order valence-electron chi connectivity index (χ2n) is 4.03. The number of hydrogen-bond donors (Lipinski definition) is 2. The van der Waals surface area contributed by atoms with Crippen LogP contribution < -0.4 is 11.1 Å². The zero-order valence-corrected chi connectivity index (χ0v) is 10.2. The topological polar surface area (TPSA) is 55.9 Å². The van der Waals surface area contributed by atoms with Crippen molar-refractivity contribution in [3.05, 3.63) is 17.0 Å². The molecule has 0 aliphatic carbocycles. The van der Waals surface area contributed by atoms with E-state index < -0.39 is 0 Å². The molecule has 4 heteroatoms. The molecule has 15 heavy (non-hydrogen) atoms. The van der Waals surface area contributed by atoms with Crippen LogP contribution in [0.15, 0.2) is 0 Å². The monoisotopic (exact) mass is 210 g/mol. The predicted molar refractivity (Wildman–Crippen MR) is 62.8 cm³/mol. The molecule has 0 saturated heterocycles. The van der Waals surface area contributed by atoms with E-state index in [0.717, 1.165) is 25.2 Å². The summed E-state index contributed by atoms with van der Waals surface area (Å²) in [5, 5.41) is 7.87. The minimum Gasteiger partial charge on any atom is -0.330 e. The van der Waals surface area contributed by atoms with Gasteiger partial charge in [0, 0.05) is 24.3 Å². The Balaban J connectivity index is 2.68. The SMILES string of the molecule is Cc1nn(C)c(C)c1C(C)NCCCN. The lowest BCUT2D eigenvalue weighted by molar-refractivity contribution is 0.557. The first kappa shape index (κ1) is 12.2. The molecule has 0 saturated carbocycles. The van der Waals surface area contributed by atoms with Crippen LogP contribution in [0.1, 0.15) is 36.3 Å². The minimum absolute atomic E-state index is 0.352. The average Bonchev–Trinajstić information content (AvgIpc) is 2.41. The molecule has 1 rings (SSSR count). The predicted octanol–water partition coefficient (Wildman–Crippen LogP) is 1.04. The van der Waals surface area contributed by atoms with Gasteiger partial charge in [0.25, 0.3) is 0 Å². The van der Waals surface area contributed by atoms with Crippen molar-refractivity contribution in [3.63, 3.8) is 0 Å². The largest absolute Gasteiger partial charge is 0.330 e. The van der Waals surface area contributed by atoms with Crippen molar-refractivity contribution < 1.29 is 0 Å². The Morgan fingerprint density at radius 2 is 2.13 bits per heavy atom. The lowest BCUT2D eigenvalue weighted by Crippen LogP contribution is -2.22. The van der Waals surface area contributed by atoms with E-state index in [1.165, 1.54) is 11.3 Å². The van der Waals surface area contributed by atoms with Crippen LogP contribution in [0.4, 0.5) is 0 Å². The summed E-state index contributed by atoms with van der Waals surface area (Å²) >= 11 is 0. The van der Waals surface area contributed by atoms with Gasteiger partial charge in [-0.2, -0.15) is 5.10 Å². The maximum atomic E-state index is 5.46. The molecule has 0 amide bonds. The number of aromatic nitrogens is 2. The average molecular weight is 210 g/mol. The fourth-order valence-corrected chi connectivity index (χ4v) is 1.94. The van der Waals surface area contributed by atoms with Gasteiger partial charge in [-0.15, -0.1) is 0 Å². The van der Waals surface area contributed by atoms with Crippen molar-refractivity contribution in [2.75, 3.05) is 13.1 Å². The summed E-state index contributed by atoms with van der Waals surface area (Å²) in [4.78, 5) is 0. The Kier molecular flexibility index (Phi) is 4.29. The molecular formula is C11H22N4. The van der Waals surface area contributed by atoms with Gasteiger partial charge in [-0.05, 0) is 40.3 Å². The lowest BCUT2D eigenvalue weighted by atomic mass is 10.1.